The molecule has 0 saturated heterocycles. The SMILES string of the molecule is CC(O)c1cnc(Cc2nc3ccccc3[nH]2)s1. The summed E-state index contributed by atoms with van der Waals surface area (Å²) in [5.74, 6) is 0.905. The molecule has 0 aliphatic carbocycles. The van der Waals surface area contributed by atoms with E-state index in [4.69, 9.17) is 0 Å². The van der Waals surface area contributed by atoms with Gasteiger partial charge >= 0.3 is 0 Å². The van der Waals surface area contributed by atoms with E-state index < -0.39 is 6.10 Å². The zero-order chi connectivity index (χ0) is 12.5. The standard InChI is InChI=1S/C13H13N3OS/c1-8(17)11-7-14-13(18-11)6-12-15-9-4-2-3-5-10(9)16-12/h2-5,7-8,17H,6H2,1H3,(H,15,16). The molecule has 0 aliphatic rings. The molecule has 0 amide bonds. The molecule has 1 atom stereocenters. The molecule has 0 radical (unpaired) electrons. The molecule has 2 aromatic heterocycles. The zero-order valence-corrected chi connectivity index (χ0v) is 10.7. The highest BCUT2D eigenvalue weighted by Crippen LogP contribution is 2.22. The van der Waals surface area contributed by atoms with E-state index in [-0.39, 0.29) is 0 Å². The maximum Gasteiger partial charge on any atom is 0.114 e. The minimum atomic E-state index is -0.452. The summed E-state index contributed by atoms with van der Waals surface area (Å²) in [6.07, 6.45) is 1.95. The van der Waals surface area contributed by atoms with Crippen molar-refractivity contribution in [2.75, 3.05) is 0 Å². The Morgan fingerprint density at radius 2 is 2.22 bits per heavy atom. The van der Waals surface area contributed by atoms with E-state index in [2.05, 4.69) is 15.0 Å². The molecule has 2 heterocycles. The number of para-hydroxylation sites is 2. The minimum absolute atomic E-state index is 0.452. The van der Waals surface area contributed by atoms with Crippen LogP contribution in [0.4, 0.5) is 0 Å². The van der Waals surface area contributed by atoms with Crippen molar-refractivity contribution in [2.45, 2.75) is 19.4 Å². The summed E-state index contributed by atoms with van der Waals surface area (Å²) in [4.78, 5) is 13.0. The van der Waals surface area contributed by atoms with E-state index in [1.165, 1.54) is 11.3 Å². The van der Waals surface area contributed by atoms with E-state index in [9.17, 15) is 5.11 Å². The molecule has 92 valence electrons. The van der Waals surface area contributed by atoms with Crippen LogP contribution in [0.5, 0.6) is 0 Å². The second kappa shape index (κ2) is 4.51. The van der Waals surface area contributed by atoms with Crippen LogP contribution < -0.4 is 0 Å². The van der Waals surface area contributed by atoms with E-state index >= 15 is 0 Å². The highest BCUT2D eigenvalue weighted by Gasteiger charge is 2.09. The topological polar surface area (TPSA) is 61.8 Å². The Balaban J connectivity index is 1.86. The fourth-order valence-electron chi connectivity index (χ4n) is 1.83. The summed E-state index contributed by atoms with van der Waals surface area (Å²) in [6, 6.07) is 7.95. The van der Waals surface area contributed by atoms with Gasteiger partial charge in [0.15, 0.2) is 0 Å². The summed E-state index contributed by atoms with van der Waals surface area (Å²) in [5.41, 5.74) is 2.01. The molecule has 2 N–H and O–H groups in total. The highest BCUT2D eigenvalue weighted by atomic mass is 32.1. The Hall–Kier alpha value is -1.72. The molecular weight excluding hydrogens is 246 g/mol. The van der Waals surface area contributed by atoms with Crippen LogP contribution >= 0.6 is 11.3 Å². The Labute approximate surface area is 108 Å². The van der Waals surface area contributed by atoms with Gasteiger partial charge in [-0.05, 0) is 19.1 Å². The molecule has 5 heteroatoms. The van der Waals surface area contributed by atoms with Gasteiger partial charge in [0.2, 0.25) is 0 Å². The van der Waals surface area contributed by atoms with Crippen molar-refractivity contribution >= 4 is 22.4 Å². The van der Waals surface area contributed by atoms with Crippen molar-refractivity contribution in [3.8, 4) is 0 Å². The van der Waals surface area contributed by atoms with Gasteiger partial charge in [-0.15, -0.1) is 11.3 Å². The lowest BCUT2D eigenvalue weighted by Gasteiger charge is -1.95. The number of fused-ring (bicyclic) bond motifs is 1. The first-order chi connectivity index (χ1) is 8.72. The highest BCUT2D eigenvalue weighted by molar-refractivity contribution is 7.11. The Morgan fingerprint density at radius 3 is 2.94 bits per heavy atom. The van der Waals surface area contributed by atoms with Crippen molar-refractivity contribution in [2.24, 2.45) is 0 Å². The van der Waals surface area contributed by atoms with Gasteiger partial charge in [-0.3, -0.25) is 0 Å². The number of aliphatic hydroxyl groups excluding tert-OH is 1. The third-order valence-electron chi connectivity index (χ3n) is 2.74. The summed E-state index contributed by atoms with van der Waals surface area (Å²) in [5, 5.41) is 10.4. The smallest absolute Gasteiger partial charge is 0.114 e. The number of nitrogens with zero attached hydrogens (tertiary/aromatic N) is 2. The number of hydrogen-bond acceptors (Lipinski definition) is 4. The molecule has 0 fully saturated rings. The minimum Gasteiger partial charge on any atom is -0.388 e. The van der Waals surface area contributed by atoms with Crippen LogP contribution in [-0.4, -0.2) is 20.1 Å². The summed E-state index contributed by atoms with van der Waals surface area (Å²) in [7, 11) is 0. The van der Waals surface area contributed by atoms with Crippen molar-refractivity contribution in [1.82, 2.24) is 15.0 Å². The molecular formula is C13H13N3OS. The number of thiazole rings is 1. The lowest BCUT2D eigenvalue weighted by molar-refractivity contribution is 0.203. The van der Waals surface area contributed by atoms with Crippen LogP contribution in [0, 0.1) is 0 Å². The van der Waals surface area contributed by atoms with Gasteiger partial charge in [0.05, 0.1) is 28.4 Å². The van der Waals surface area contributed by atoms with E-state index in [0.29, 0.717) is 6.42 Å². The molecule has 4 nitrogen and oxygen atoms in total. The maximum absolute atomic E-state index is 9.46. The summed E-state index contributed by atoms with van der Waals surface area (Å²) >= 11 is 1.52. The third kappa shape index (κ3) is 2.14. The van der Waals surface area contributed by atoms with Gasteiger partial charge < -0.3 is 10.1 Å². The Morgan fingerprint density at radius 1 is 1.39 bits per heavy atom. The molecule has 3 aromatic rings. The molecule has 1 aromatic carbocycles. The molecule has 0 bridgehead atoms. The average molecular weight is 259 g/mol. The quantitative estimate of drug-likeness (QED) is 0.760. The van der Waals surface area contributed by atoms with Crippen molar-refractivity contribution in [3.05, 3.63) is 46.2 Å². The number of benzene rings is 1. The zero-order valence-electron chi connectivity index (χ0n) is 9.92. The van der Waals surface area contributed by atoms with Crippen molar-refractivity contribution in [1.29, 1.82) is 0 Å². The number of nitrogens with one attached hydrogen (secondary N) is 1. The molecule has 3 rings (SSSR count). The number of aliphatic hydroxyl groups is 1. The summed E-state index contributed by atoms with van der Waals surface area (Å²) < 4.78 is 0. The molecule has 0 aliphatic heterocycles. The monoisotopic (exact) mass is 259 g/mol. The molecule has 0 spiro atoms. The van der Waals surface area contributed by atoms with Crippen LogP contribution in [0.3, 0.4) is 0 Å². The Bertz CT molecular complexity index is 638. The van der Waals surface area contributed by atoms with E-state index in [0.717, 1.165) is 26.7 Å². The predicted octanol–water partition coefficient (Wildman–Crippen LogP) is 2.66. The van der Waals surface area contributed by atoms with Crippen LogP contribution in [-0.2, 0) is 6.42 Å². The molecule has 1 unspecified atom stereocenters. The largest absolute Gasteiger partial charge is 0.388 e. The summed E-state index contributed by atoms with van der Waals surface area (Å²) in [6.45, 7) is 1.75. The van der Waals surface area contributed by atoms with Crippen LogP contribution in [0.15, 0.2) is 30.5 Å². The maximum atomic E-state index is 9.46. The lowest BCUT2D eigenvalue weighted by atomic mass is 10.3. The van der Waals surface area contributed by atoms with E-state index in [1.807, 2.05) is 24.3 Å². The number of hydrogen-bond donors (Lipinski definition) is 2. The van der Waals surface area contributed by atoms with Gasteiger partial charge in [0, 0.05) is 6.20 Å². The van der Waals surface area contributed by atoms with Crippen LogP contribution in [0.1, 0.15) is 28.7 Å². The predicted molar refractivity (Wildman–Crippen MR) is 71.6 cm³/mol. The molecule has 0 saturated carbocycles. The second-order valence-corrected chi connectivity index (χ2v) is 5.36. The first-order valence-corrected chi connectivity index (χ1v) is 6.60. The molecule has 18 heavy (non-hydrogen) atoms. The number of aromatic nitrogens is 3. The number of H-pyrrole nitrogens is 1. The van der Waals surface area contributed by atoms with Crippen molar-refractivity contribution < 1.29 is 5.11 Å². The van der Waals surface area contributed by atoms with Crippen LogP contribution in [0.25, 0.3) is 11.0 Å². The first-order valence-electron chi connectivity index (χ1n) is 5.78. The van der Waals surface area contributed by atoms with Crippen LogP contribution in [0.2, 0.25) is 0 Å². The lowest BCUT2D eigenvalue weighted by Crippen LogP contribution is -1.88. The van der Waals surface area contributed by atoms with Gasteiger partial charge in [0.25, 0.3) is 0 Å². The van der Waals surface area contributed by atoms with E-state index in [1.54, 1.807) is 13.1 Å². The number of imidazole rings is 1. The number of aromatic amines is 1. The second-order valence-electron chi connectivity index (χ2n) is 4.21. The number of rotatable bonds is 3. The average Bonchev–Trinajstić information content (AvgIpc) is 2.94. The van der Waals surface area contributed by atoms with Gasteiger partial charge in [0.1, 0.15) is 10.8 Å². The first kappa shape index (κ1) is 11.4. The third-order valence-corrected chi connectivity index (χ3v) is 3.91. The fraction of sp³-hybridized carbons (Fsp3) is 0.231. The normalized spacial score (nSPS) is 13.0. The fourth-order valence-corrected chi connectivity index (χ4v) is 2.69. The van der Waals surface area contributed by atoms with Gasteiger partial charge in [-0.25, -0.2) is 9.97 Å². The Kier molecular flexibility index (Phi) is 2.85. The van der Waals surface area contributed by atoms with Crippen molar-refractivity contribution in [3.63, 3.8) is 0 Å². The van der Waals surface area contributed by atoms with Gasteiger partial charge in [-0.2, -0.15) is 0 Å². The van der Waals surface area contributed by atoms with Gasteiger partial charge in [-0.1, -0.05) is 12.1 Å².